The molecule has 0 radical (unpaired) electrons. The average molecular weight is 303 g/mol. The maximum absolute atomic E-state index is 12.5. The second-order valence-corrected chi connectivity index (χ2v) is 7.11. The van der Waals surface area contributed by atoms with Gasteiger partial charge in [-0.15, -0.1) is 11.3 Å². The van der Waals surface area contributed by atoms with E-state index in [4.69, 9.17) is 0 Å². The molecule has 1 fully saturated rings. The summed E-state index contributed by atoms with van der Waals surface area (Å²) in [5.41, 5.74) is 0.798. The van der Waals surface area contributed by atoms with Crippen LogP contribution in [-0.4, -0.2) is 29.6 Å². The third-order valence-corrected chi connectivity index (χ3v) is 5.96. The topological polar surface area (TPSA) is 20.3 Å². The van der Waals surface area contributed by atoms with Gasteiger partial charge in [0.15, 0.2) is 0 Å². The summed E-state index contributed by atoms with van der Waals surface area (Å²) in [5.74, 6) is 1.18. The lowest BCUT2D eigenvalue weighted by atomic mass is 10.2. The van der Waals surface area contributed by atoms with E-state index in [9.17, 15) is 4.79 Å². The molecule has 104 valence electrons. The van der Waals surface area contributed by atoms with Gasteiger partial charge in [-0.1, -0.05) is 24.3 Å². The van der Waals surface area contributed by atoms with Crippen LogP contribution in [0.1, 0.15) is 26.9 Å². The van der Waals surface area contributed by atoms with Gasteiger partial charge in [-0.05, 0) is 30.0 Å². The second-order valence-electron chi connectivity index (χ2n) is 4.82. The maximum Gasteiger partial charge on any atom is 0.253 e. The minimum absolute atomic E-state index is 0.165. The molecule has 1 aromatic carbocycles. The molecule has 1 aliphatic rings. The molecule has 1 saturated heterocycles. The summed E-state index contributed by atoms with van der Waals surface area (Å²) in [6.07, 6.45) is 1.05. The fraction of sp³-hybridized carbons (Fsp3) is 0.312. The van der Waals surface area contributed by atoms with Crippen molar-refractivity contribution in [2.45, 2.75) is 11.7 Å². The first-order chi connectivity index (χ1) is 9.84. The summed E-state index contributed by atoms with van der Waals surface area (Å²) < 4.78 is 0. The standard InChI is InChI=1S/C16H17NOS2/c18-16(13-5-2-1-3-6-13)17-9-8-15(20-12-10-17)14-7-4-11-19-14/h1-7,11,15H,8-10,12H2. The Balaban J connectivity index is 1.67. The predicted octanol–water partition coefficient (Wildman–Crippen LogP) is 4.07. The fourth-order valence-corrected chi connectivity index (χ4v) is 4.68. The third-order valence-electron chi connectivity index (χ3n) is 3.51. The van der Waals surface area contributed by atoms with Gasteiger partial charge in [0, 0.05) is 34.5 Å². The molecule has 1 unspecified atom stereocenters. The molecule has 1 amide bonds. The molecule has 1 atom stereocenters. The van der Waals surface area contributed by atoms with E-state index < -0.39 is 0 Å². The number of rotatable bonds is 2. The van der Waals surface area contributed by atoms with Gasteiger partial charge in [-0.3, -0.25) is 4.79 Å². The van der Waals surface area contributed by atoms with Crippen molar-refractivity contribution >= 4 is 29.0 Å². The Hall–Kier alpha value is -1.26. The quantitative estimate of drug-likeness (QED) is 0.833. The van der Waals surface area contributed by atoms with E-state index in [1.165, 1.54) is 4.88 Å². The summed E-state index contributed by atoms with van der Waals surface area (Å²) in [4.78, 5) is 15.9. The van der Waals surface area contributed by atoms with Crippen LogP contribution >= 0.6 is 23.1 Å². The Morgan fingerprint density at radius 2 is 1.95 bits per heavy atom. The molecule has 0 spiro atoms. The van der Waals surface area contributed by atoms with Crippen LogP contribution in [0.15, 0.2) is 47.8 Å². The fourth-order valence-electron chi connectivity index (χ4n) is 2.44. The minimum atomic E-state index is 0.165. The summed E-state index contributed by atoms with van der Waals surface area (Å²) in [6.45, 7) is 1.70. The van der Waals surface area contributed by atoms with Crippen LogP contribution in [0, 0.1) is 0 Å². The predicted molar refractivity (Wildman–Crippen MR) is 86.5 cm³/mol. The number of carbonyl (C=O) groups is 1. The first kappa shape index (κ1) is 13.7. The Kier molecular flexibility index (Phi) is 4.43. The van der Waals surface area contributed by atoms with Gasteiger partial charge in [0.2, 0.25) is 0 Å². The zero-order valence-corrected chi connectivity index (χ0v) is 12.8. The van der Waals surface area contributed by atoms with Crippen molar-refractivity contribution < 1.29 is 4.79 Å². The number of hydrogen-bond donors (Lipinski definition) is 0. The van der Waals surface area contributed by atoms with Crippen LogP contribution in [0.4, 0.5) is 0 Å². The number of benzene rings is 1. The van der Waals surface area contributed by atoms with Gasteiger partial charge in [0.05, 0.1) is 0 Å². The van der Waals surface area contributed by atoms with Gasteiger partial charge in [-0.2, -0.15) is 11.8 Å². The van der Waals surface area contributed by atoms with Gasteiger partial charge in [0.1, 0.15) is 0 Å². The van der Waals surface area contributed by atoms with Crippen LogP contribution in [0.25, 0.3) is 0 Å². The third kappa shape index (κ3) is 3.07. The highest BCUT2D eigenvalue weighted by molar-refractivity contribution is 7.99. The van der Waals surface area contributed by atoms with Crippen molar-refractivity contribution in [3.05, 3.63) is 58.3 Å². The summed E-state index contributed by atoms with van der Waals surface area (Å²) in [6, 6.07) is 13.9. The molecule has 1 aliphatic heterocycles. The van der Waals surface area contributed by atoms with Crippen LogP contribution in [0.5, 0.6) is 0 Å². The number of thioether (sulfide) groups is 1. The lowest BCUT2D eigenvalue weighted by molar-refractivity contribution is 0.0766. The number of carbonyl (C=O) groups excluding carboxylic acids is 1. The second kappa shape index (κ2) is 6.46. The number of amides is 1. The van der Waals surface area contributed by atoms with Gasteiger partial charge < -0.3 is 4.90 Å². The summed E-state index contributed by atoms with van der Waals surface area (Å²) in [5, 5.41) is 2.68. The molecule has 0 aliphatic carbocycles. The first-order valence-corrected chi connectivity index (χ1v) is 8.77. The Bertz CT molecular complexity index is 553. The molecule has 4 heteroatoms. The molecule has 3 rings (SSSR count). The molecular formula is C16H17NOS2. The zero-order valence-electron chi connectivity index (χ0n) is 11.2. The van der Waals surface area contributed by atoms with Crippen molar-refractivity contribution in [2.75, 3.05) is 18.8 Å². The highest BCUT2D eigenvalue weighted by Gasteiger charge is 2.23. The monoisotopic (exact) mass is 303 g/mol. The molecule has 20 heavy (non-hydrogen) atoms. The lowest BCUT2D eigenvalue weighted by Gasteiger charge is -2.20. The zero-order chi connectivity index (χ0) is 13.8. The van der Waals surface area contributed by atoms with E-state index in [-0.39, 0.29) is 5.91 Å². The molecule has 0 bridgehead atoms. The summed E-state index contributed by atoms with van der Waals surface area (Å²) in [7, 11) is 0. The molecule has 2 heterocycles. The SMILES string of the molecule is O=C(c1ccccc1)N1CCSC(c2cccs2)CC1. The normalized spacial score (nSPS) is 19.6. The van der Waals surface area contributed by atoms with Crippen LogP contribution in [-0.2, 0) is 0 Å². The molecule has 1 aromatic heterocycles. The smallest absolute Gasteiger partial charge is 0.253 e. The minimum Gasteiger partial charge on any atom is -0.338 e. The highest BCUT2D eigenvalue weighted by Crippen LogP contribution is 2.36. The van der Waals surface area contributed by atoms with Crippen LogP contribution in [0.3, 0.4) is 0 Å². The molecule has 0 N–H and O–H groups in total. The average Bonchev–Trinajstić information content (AvgIpc) is 2.92. The Labute approximate surface area is 127 Å². The van der Waals surface area contributed by atoms with Crippen LogP contribution < -0.4 is 0 Å². The van der Waals surface area contributed by atoms with Gasteiger partial charge in [-0.25, -0.2) is 0 Å². The van der Waals surface area contributed by atoms with Gasteiger partial charge in [0.25, 0.3) is 5.91 Å². The summed E-state index contributed by atoms with van der Waals surface area (Å²) >= 11 is 3.80. The Morgan fingerprint density at radius 3 is 2.70 bits per heavy atom. The molecule has 2 nitrogen and oxygen atoms in total. The van der Waals surface area contributed by atoms with E-state index in [0.717, 1.165) is 30.8 Å². The van der Waals surface area contributed by atoms with Crippen molar-refractivity contribution in [3.63, 3.8) is 0 Å². The van der Waals surface area contributed by atoms with Crippen molar-refractivity contribution in [2.24, 2.45) is 0 Å². The maximum atomic E-state index is 12.5. The highest BCUT2D eigenvalue weighted by atomic mass is 32.2. The first-order valence-electron chi connectivity index (χ1n) is 6.84. The largest absolute Gasteiger partial charge is 0.338 e. The van der Waals surface area contributed by atoms with Crippen molar-refractivity contribution in [1.29, 1.82) is 0 Å². The lowest BCUT2D eigenvalue weighted by Crippen LogP contribution is -2.32. The van der Waals surface area contributed by atoms with Crippen LogP contribution in [0.2, 0.25) is 0 Å². The van der Waals surface area contributed by atoms with E-state index in [1.54, 1.807) is 0 Å². The van der Waals surface area contributed by atoms with E-state index in [0.29, 0.717) is 5.25 Å². The van der Waals surface area contributed by atoms with E-state index in [2.05, 4.69) is 17.5 Å². The Morgan fingerprint density at radius 1 is 1.10 bits per heavy atom. The molecule has 2 aromatic rings. The molecule has 0 saturated carbocycles. The number of thiophene rings is 1. The van der Waals surface area contributed by atoms with E-state index in [1.807, 2.05) is 58.3 Å². The number of nitrogens with zero attached hydrogens (tertiary/aromatic N) is 1. The van der Waals surface area contributed by atoms with Crippen molar-refractivity contribution in [3.8, 4) is 0 Å². The molecular weight excluding hydrogens is 286 g/mol. The van der Waals surface area contributed by atoms with E-state index >= 15 is 0 Å². The number of hydrogen-bond acceptors (Lipinski definition) is 3. The van der Waals surface area contributed by atoms with Gasteiger partial charge >= 0.3 is 0 Å². The van der Waals surface area contributed by atoms with Crippen molar-refractivity contribution in [1.82, 2.24) is 4.90 Å².